The van der Waals surface area contributed by atoms with Crippen LogP contribution in [0.25, 0.3) is 0 Å². The fourth-order valence-electron chi connectivity index (χ4n) is 5.87. The van der Waals surface area contributed by atoms with E-state index in [9.17, 15) is 9.59 Å². The molecule has 0 heterocycles. The number of hydrogen-bond donors (Lipinski definition) is 0. The molecule has 3 nitrogen and oxygen atoms in total. The van der Waals surface area contributed by atoms with Crippen LogP contribution in [0.2, 0.25) is 0 Å². The van der Waals surface area contributed by atoms with Gasteiger partial charge in [-0.1, -0.05) is 13.8 Å². The highest BCUT2D eigenvalue weighted by molar-refractivity contribution is 5.79. The summed E-state index contributed by atoms with van der Waals surface area (Å²) in [5, 5.41) is 0. The monoisotopic (exact) mass is 234 g/mol. The summed E-state index contributed by atoms with van der Waals surface area (Å²) < 4.78 is 4.63. The van der Waals surface area contributed by atoms with Crippen molar-refractivity contribution in [2.75, 3.05) is 0 Å². The van der Waals surface area contributed by atoms with Crippen molar-refractivity contribution in [3.63, 3.8) is 0 Å². The van der Waals surface area contributed by atoms with Gasteiger partial charge in [0.05, 0.1) is 5.92 Å². The first-order valence-corrected chi connectivity index (χ1v) is 6.81. The normalized spacial score (nSPS) is 53.2. The third-order valence-electron chi connectivity index (χ3n) is 6.31. The Hall–Kier alpha value is -0.860. The van der Waals surface area contributed by atoms with Gasteiger partial charge in [-0.15, -0.1) is 0 Å². The van der Waals surface area contributed by atoms with Gasteiger partial charge in [0, 0.05) is 0 Å². The fourth-order valence-corrected chi connectivity index (χ4v) is 5.87. The summed E-state index contributed by atoms with van der Waals surface area (Å²) in [6.45, 7) is 4.44. The molecule has 0 bridgehead atoms. The second kappa shape index (κ2) is 2.93. The van der Waals surface area contributed by atoms with Gasteiger partial charge in [-0.3, -0.25) is 9.59 Å². The highest BCUT2D eigenvalue weighted by Crippen LogP contribution is 2.87. The number of hydrogen-bond acceptors (Lipinski definition) is 3. The zero-order valence-corrected chi connectivity index (χ0v) is 10.2. The van der Waals surface area contributed by atoms with E-state index < -0.39 is 0 Å². The van der Waals surface area contributed by atoms with Crippen LogP contribution in [0.3, 0.4) is 0 Å². The van der Waals surface area contributed by atoms with Gasteiger partial charge in [-0.2, -0.15) is 0 Å². The molecule has 4 fully saturated rings. The molecule has 5 atom stereocenters. The molecule has 92 valence electrons. The molecule has 4 saturated carbocycles. The number of carbonyl (C=O) groups excluding carboxylic acids is 2. The Bertz CT molecular complexity index is 374. The molecule has 0 saturated heterocycles. The third-order valence-corrected chi connectivity index (χ3v) is 6.31. The van der Waals surface area contributed by atoms with E-state index in [1.165, 1.54) is 6.42 Å². The molecule has 0 amide bonds. The molecule has 17 heavy (non-hydrogen) atoms. The van der Waals surface area contributed by atoms with Crippen molar-refractivity contribution in [1.29, 1.82) is 0 Å². The first kappa shape index (κ1) is 10.1. The Morgan fingerprint density at radius 3 is 2.24 bits per heavy atom. The van der Waals surface area contributed by atoms with Gasteiger partial charge in [-0.05, 0) is 53.8 Å². The van der Waals surface area contributed by atoms with Gasteiger partial charge in [0.25, 0.3) is 0 Å². The smallest absolute Gasteiger partial charge is 0.316 e. The molecule has 4 aliphatic carbocycles. The Labute approximate surface area is 101 Å². The van der Waals surface area contributed by atoms with Crippen molar-refractivity contribution in [2.24, 2.45) is 53.3 Å². The van der Waals surface area contributed by atoms with Crippen LogP contribution in [0.5, 0.6) is 0 Å². The average molecular weight is 234 g/mol. The van der Waals surface area contributed by atoms with Crippen LogP contribution >= 0.6 is 0 Å². The number of rotatable bonds is 4. The van der Waals surface area contributed by atoms with Crippen molar-refractivity contribution in [1.82, 2.24) is 0 Å². The van der Waals surface area contributed by atoms with Crippen LogP contribution in [-0.2, 0) is 14.3 Å². The van der Waals surface area contributed by atoms with Gasteiger partial charge in [0.1, 0.15) is 0 Å². The molecule has 3 heteroatoms. The lowest BCUT2D eigenvalue weighted by molar-refractivity contribution is -0.414. The van der Waals surface area contributed by atoms with Crippen LogP contribution in [-0.4, -0.2) is 12.4 Å². The van der Waals surface area contributed by atoms with Crippen LogP contribution in [0.1, 0.15) is 20.3 Å². The molecule has 0 aliphatic heterocycles. The van der Waals surface area contributed by atoms with Gasteiger partial charge in [0.2, 0.25) is 0 Å². The highest BCUT2D eigenvalue weighted by atomic mass is 16.6. The molecular weight excluding hydrogens is 216 g/mol. The zero-order valence-electron chi connectivity index (χ0n) is 10.2. The summed E-state index contributed by atoms with van der Waals surface area (Å²) in [5.74, 6) is 5.91. The SMILES string of the molecule is CC(C)C(C(=O)OC=O)C1C2C3CC4C3C2C41. The lowest BCUT2D eigenvalue weighted by Crippen LogP contribution is -2.85. The molecule has 0 spiro atoms. The highest BCUT2D eigenvalue weighted by Gasteiger charge is 2.84. The average Bonchev–Trinajstić information content (AvgIpc) is 2.27. The van der Waals surface area contributed by atoms with Crippen molar-refractivity contribution >= 4 is 12.4 Å². The Balaban J connectivity index is 1.56. The fraction of sp³-hybridized carbons (Fsp3) is 0.857. The Kier molecular flexibility index (Phi) is 1.74. The third kappa shape index (κ3) is 0.892. The van der Waals surface area contributed by atoms with E-state index in [4.69, 9.17) is 0 Å². The topological polar surface area (TPSA) is 43.4 Å². The van der Waals surface area contributed by atoms with E-state index in [1.54, 1.807) is 0 Å². The summed E-state index contributed by atoms with van der Waals surface area (Å²) >= 11 is 0. The van der Waals surface area contributed by atoms with E-state index in [1.807, 2.05) is 0 Å². The maximum atomic E-state index is 11.9. The minimum Gasteiger partial charge on any atom is -0.395 e. The molecule has 0 aromatic heterocycles. The van der Waals surface area contributed by atoms with Crippen LogP contribution in [0, 0.1) is 53.3 Å². The molecular formula is C14H18O3. The minimum absolute atomic E-state index is 0.0435. The summed E-state index contributed by atoms with van der Waals surface area (Å²) in [4.78, 5) is 22.3. The molecule has 0 N–H and O–H groups in total. The maximum absolute atomic E-state index is 11.9. The molecule has 5 unspecified atom stereocenters. The van der Waals surface area contributed by atoms with E-state index in [0.717, 1.165) is 35.5 Å². The van der Waals surface area contributed by atoms with Crippen LogP contribution < -0.4 is 0 Å². The lowest BCUT2D eigenvalue weighted by atomic mass is 9.16. The first-order valence-electron chi connectivity index (χ1n) is 6.81. The standard InChI is InChI=1S/C14H18O3/c1-5(2)8(14(16)17-4-15)12-10-6-3-7-9(6)13(10)11(7)12/h4-13H,3H2,1-2H3. The van der Waals surface area contributed by atoms with Crippen molar-refractivity contribution in [2.45, 2.75) is 20.3 Å². The second-order valence-electron chi connectivity index (χ2n) is 6.75. The van der Waals surface area contributed by atoms with E-state index in [0.29, 0.717) is 12.4 Å². The molecule has 4 aliphatic rings. The van der Waals surface area contributed by atoms with Crippen molar-refractivity contribution < 1.29 is 14.3 Å². The summed E-state index contributed by atoms with van der Waals surface area (Å²) in [5.41, 5.74) is 0. The predicted molar refractivity (Wildman–Crippen MR) is 59.5 cm³/mol. The van der Waals surface area contributed by atoms with Gasteiger partial charge >= 0.3 is 12.4 Å². The Morgan fingerprint density at radius 1 is 1.18 bits per heavy atom. The van der Waals surface area contributed by atoms with Crippen LogP contribution in [0.4, 0.5) is 0 Å². The number of fused-ring (bicyclic) bond motifs is 2. The summed E-state index contributed by atoms with van der Waals surface area (Å²) in [6.07, 6.45) is 1.42. The molecule has 0 aromatic rings. The number of carbonyl (C=O) groups is 2. The molecule has 0 aromatic carbocycles. The quantitative estimate of drug-likeness (QED) is 0.422. The maximum Gasteiger partial charge on any atom is 0.316 e. The van der Waals surface area contributed by atoms with Gasteiger partial charge in [-0.25, -0.2) is 0 Å². The Morgan fingerprint density at radius 2 is 1.82 bits per heavy atom. The summed E-state index contributed by atoms with van der Waals surface area (Å²) in [7, 11) is 0. The number of ether oxygens (including phenoxy) is 1. The van der Waals surface area contributed by atoms with Gasteiger partial charge in [0.15, 0.2) is 0 Å². The molecule has 4 rings (SSSR count). The van der Waals surface area contributed by atoms with Gasteiger partial charge < -0.3 is 4.74 Å². The predicted octanol–water partition coefficient (Wildman–Crippen LogP) is 1.72. The van der Waals surface area contributed by atoms with Crippen molar-refractivity contribution in [3.8, 4) is 0 Å². The van der Waals surface area contributed by atoms with E-state index in [2.05, 4.69) is 18.6 Å². The van der Waals surface area contributed by atoms with E-state index >= 15 is 0 Å². The molecule has 0 radical (unpaired) electrons. The minimum atomic E-state index is -0.284. The van der Waals surface area contributed by atoms with Crippen molar-refractivity contribution in [3.05, 3.63) is 0 Å². The van der Waals surface area contributed by atoms with Crippen LogP contribution in [0.15, 0.2) is 0 Å². The van der Waals surface area contributed by atoms with E-state index in [-0.39, 0.29) is 17.8 Å². The summed E-state index contributed by atoms with van der Waals surface area (Å²) in [6, 6.07) is 0. The zero-order chi connectivity index (χ0) is 11.9. The number of esters is 1. The first-order chi connectivity index (χ1) is 8.16. The lowest BCUT2D eigenvalue weighted by Gasteiger charge is -2.88. The largest absolute Gasteiger partial charge is 0.395 e. The second-order valence-corrected chi connectivity index (χ2v) is 6.75.